The van der Waals surface area contributed by atoms with Gasteiger partial charge < -0.3 is 23.5 Å². The molecule has 3 aromatic heterocycles. The summed E-state index contributed by atoms with van der Waals surface area (Å²) < 4.78 is 13.9. The molecule has 2 atom stereocenters. The topological polar surface area (TPSA) is 128 Å². The Morgan fingerprint density at radius 1 is 1.32 bits per heavy atom. The molecule has 11 nitrogen and oxygen atoms in total. The summed E-state index contributed by atoms with van der Waals surface area (Å²) in [6.45, 7) is 4.85. The number of hydrogen-bond acceptors (Lipinski definition) is 8. The molecule has 1 amide bonds. The van der Waals surface area contributed by atoms with Crippen LogP contribution in [0.25, 0.3) is 11.0 Å². The maximum absolute atomic E-state index is 12.6. The molecule has 0 radical (unpaired) electrons. The van der Waals surface area contributed by atoms with Gasteiger partial charge in [0.2, 0.25) is 0 Å². The van der Waals surface area contributed by atoms with Crippen LogP contribution >= 0.6 is 0 Å². The number of amides is 1. The predicted molar refractivity (Wildman–Crippen MR) is 141 cm³/mol. The third-order valence-electron chi connectivity index (χ3n) is 6.98. The second-order valence-electron chi connectivity index (χ2n) is 9.61. The van der Waals surface area contributed by atoms with E-state index in [1.54, 1.807) is 21.7 Å². The first-order valence-electron chi connectivity index (χ1n) is 12.7. The zero-order valence-corrected chi connectivity index (χ0v) is 21.8. The van der Waals surface area contributed by atoms with Crippen molar-refractivity contribution in [2.45, 2.75) is 65.0 Å². The highest BCUT2D eigenvalue weighted by Gasteiger charge is 2.31. The van der Waals surface area contributed by atoms with Crippen LogP contribution in [0, 0.1) is 6.92 Å². The maximum Gasteiger partial charge on any atom is 0.414 e. The van der Waals surface area contributed by atoms with Gasteiger partial charge in [-0.3, -0.25) is 15.0 Å². The van der Waals surface area contributed by atoms with Gasteiger partial charge in [-0.1, -0.05) is 11.2 Å². The fourth-order valence-electron chi connectivity index (χ4n) is 5.07. The van der Waals surface area contributed by atoms with E-state index in [9.17, 15) is 14.7 Å². The molecule has 0 bridgehead atoms. The molecule has 0 spiro atoms. The van der Waals surface area contributed by atoms with E-state index in [2.05, 4.69) is 10.5 Å². The van der Waals surface area contributed by atoms with Gasteiger partial charge in [0.05, 0.1) is 42.6 Å². The molecule has 1 aromatic carbocycles. The molecule has 200 valence electrons. The van der Waals surface area contributed by atoms with Crippen LogP contribution in [-0.2, 0) is 37.2 Å². The number of aliphatic hydroxyl groups is 1. The van der Waals surface area contributed by atoms with Crippen molar-refractivity contribution in [1.29, 1.82) is 0 Å². The van der Waals surface area contributed by atoms with Crippen molar-refractivity contribution in [2.24, 2.45) is 0 Å². The summed E-state index contributed by atoms with van der Waals surface area (Å²) in [6.07, 6.45) is 2.49. The molecule has 4 heterocycles. The number of aryl methyl sites for hydroxylation is 4. The fourth-order valence-corrected chi connectivity index (χ4v) is 5.07. The quantitative estimate of drug-likeness (QED) is 0.340. The van der Waals surface area contributed by atoms with E-state index in [0.717, 1.165) is 46.6 Å². The lowest BCUT2D eigenvalue weighted by atomic mass is 9.96. The van der Waals surface area contributed by atoms with Crippen molar-refractivity contribution in [3.63, 3.8) is 0 Å². The minimum atomic E-state index is -0.890. The SMILES string of the molecule is COC(=O)N1c2ccc3c(nc(CCn4ccccc4=O)n3CC(O)NCc3cc(C)no3)c2CC[C@@H]1C. The first-order valence-corrected chi connectivity index (χ1v) is 12.7. The van der Waals surface area contributed by atoms with Crippen LogP contribution in [0.2, 0.25) is 0 Å². The van der Waals surface area contributed by atoms with Crippen molar-refractivity contribution < 1.29 is 19.2 Å². The average molecular weight is 521 g/mol. The van der Waals surface area contributed by atoms with Gasteiger partial charge in [-0.25, -0.2) is 9.78 Å². The highest BCUT2D eigenvalue weighted by atomic mass is 16.5. The first kappa shape index (κ1) is 25.7. The Morgan fingerprint density at radius 2 is 2.16 bits per heavy atom. The summed E-state index contributed by atoms with van der Waals surface area (Å²) in [5.41, 5.74) is 4.10. The molecule has 0 saturated heterocycles. The van der Waals surface area contributed by atoms with E-state index in [1.807, 2.05) is 42.7 Å². The molecule has 4 aromatic rings. The van der Waals surface area contributed by atoms with Gasteiger partial charge >= 0.3 is 6.09 Å². The van der Waals surface area contributed by atoms with Crippen molar-refractivity contribution in [3.8, 4) is 0 Å². The predicted octanol–water partition coefficient (Wildman–Crippen LogP) is 2.75. The van der Waals surface area contributed by atoms with Crippen molar-refractivity contribution in [3.05, 3.63) is 75.8 Å². The van der Waals surface area contributed by atoms with Crippen LogP contribution in [0.5, 0.6) is 0 Å². The average Bonchev–Trinajstić information content (AvgIpc) is 3.49. The van der Waals surface area contributed by atoms with Crippen LogP contribution in [0.4, 0.5) is 10.5 Å². The standard InChI is InChI=1S/C27H32N6O5/c1-17-14-19(38-30-17)15-28-24(34)16-32-22-10-9-21-20(8-7-18(2)33(21)27(36)37-3)26(22)29-23(32)11-13-31-12-5-4-6-25(31)35/h4-6,9-10,12,14,18,24,28,34H,7-8,11,13,15-16H2,1-3H3/t18-,24?/m0/s1. The molecule has 1 aliphatic heterocycles. The van der Waals surface area contributed by atoms with E-state index >= 15 is 0 Å². The Hall–Kier alpha value is -3.96. The number of hydrogen-bond donors (Lipinski definition) is 2. The highest BCUT2D eigenvalue weighted by Crippen LogP contribution is 2.36. The third kappa shape index (κ3) is 5.07. The minimum absolute atomic E-state index is 0.00432. The number of aliphatic hydroxyl groups excluding tert-OH is 1. The second-order valence-corrected chi connectivity index (χ2v) is 9.61. The Labute approximate surface area is 219 Å². The number of pyridine rings is 1. The smallest absolute Gasteiger partial charge is 0.414 e. The van der Waals surface area contributed by atoms with Gasteiger partial charge in [0, 0.05) is 42.9 Å². The lowest BCUT2D eigenvalue weighted by molar-refractivity contribution is 0.113. The lowest BCUT2D eigenvalue weighted by Crippen LogP contribution is -2.42. The van der Waals surface area contributed by atoms with Crippen molar-refractivity contribution in [2.75, 3.05) is 12.0 Å². The molecule has 0 fully saturated rings. The number of methoxy groups -OCH3 is 1. The third-order valence-corrected chi connectivity index (χ3v) is 6.98. The molecular formula is C27H32N6O5. The van der Waals surface area contributed by atoms with E-state index in [4.69, 9.17) is 14.2 Å². The number of nitrogens with one attached hydrogen (secondary N) is 1. The summed E-state index contributed by atoms with van der Waals surface area (Å²) >= 11 is 0. The summed E-state index contributed by atoms with van der Waals surface area (Å²) in [6, 6.07) is 10.7. The number of ether oxygens (including phenoxy) is 1. The Bertz CT molecular complexity index is 1510. The summed E-state index contributed by atoms with van der Waals surface area (Å²) in [7, 11) is 1.38. The number of carbonyl (C=O) groups is 1. The van der Waals surface area contributed by atoms with Crippen LogP contribution < -0.4 is 15.8 Å². The van der Waals surface area contributed by atoms with Gasteiger partial charge in [-0.15, -0.1) is 0 Å². The number of aromatic nitrogens is 4. The van der Waals surface area contributed by atoms with Crippen LogP contribution in [-0.4, -0.2) is 49.9 Å². The summed E-state index contributed by atoms with van der Waals surface area (Å²) in [5, 5.41) is 17.8. The Morgan fingerprint density at radius 3 is 2.89 bits per heavy atom. The minimum Gasteiger partial charge on any atom is -0.452 e. The fraction of sp³-hybridized carbons (Fsp3) is 0.407. The molecule has 2 N–H and O–H groups in total. The first-order chi connectivity index (χ1) is 18.4. The molecule has 11 heteroatoms. The number of rotatable bonds is 8. The van der Waals surface area contributed by atoms with Crippen LogP contribution in [0.3, 0.4) is 0 Å². The summed E-state index contributed by atoms with van der Waals surface area (Å²) in [5.74, 6) is 1.37. The number of anilines is 1. The molecular weight excluding hydrogens is 488 g/mol. The van der Waals surface area contributed by atoms with Gasteiger partial charge in [0.15, 0.2) is 5.76 Å². The Kier molecular flexibility index (Phi) is 7.30. The molecule has 1 aliphatic rings. The maximum atomic E-state index is 12.6. The van der Waals surface area contributed by atoms with E-state index in [0.29, 0.717) is 25.3 Å². The normalized spacial score (nSPS) is 16.0. The number of fused-ring (bicyclic) bond motifs is 3. The molecule has 5 rings (SSSR count). The van der Waals surface area contributed by atoms with Gasteiger partial charge in [-0.05, 0) is 44.9 Å². The van der Waals surface area contributed by atoms with Crippen LogP contribution in [0.15, 0.2) is 51.9 Å². The van der Waals surface area contributed by atoms with E-state index in [-0.39, 0.29) is 18.1 Å². The molecule has 38 heavy (non-hydrogen) atoms. The van der Waals surface area contributed by atoms with Gasteiger partial charge in [0.1, 0.15) is 12.1 Å². The number of imidazole rings is 1. The van der Waals surface area contributed by atoms with Crippen molar-refractivity contribution in [1.82, 2.24) is 24.6 Å². The van der Waals surface area contributed by atoms with Gasteiger partial charge in [0.25, 0.3) is 5.56 Å². The molecule has 0 saturated carbocycles. The number of benzene rings is 1. The Balaban J connectivity index is 1.49. The molecule has 1 unspecified atom stereocenters. The second kappa shape index (κ2) is 10.8. The van der Waals surface area contributed by atoms with Gasteiger partial charge in [-0.2, -0.15) is 0 Å². The number of carbonyl (C=O) groups excluding carboxylic acids is 1. The van der Waals surface area contributed by atoms with E-state index in [1.165, 1.54) is 13.2 Å². The lowest BCUT2D eigenvalue weighted by Gasteiger charge is -2.34. The zero-order valence-electron chi connectivity index (χ0n) is 21.8. The zero-order chi connectivity index (χ0) is 26.8. The largest absolute Gasteiger partial charge is 0.452 e. The van der Waals surface area contributed by atoms with E-state index < -0.39 is 12.3 Å². The van der Waals surface area contributed by atoms with Crippen molar-refractivity contribution >= 4 is 22.8 Å². The molecule has 0 aliphatic carbocycles. The van der Waals surface area contributed by atoms with Crippen LogP contribution in [0.1, 0.15) is 36.2 Å². The highest BCUT2D eigenvalue weighted by molar-refractivity contribution is 5.95. The monoisotopic (exact) mass is 520 g/mol. The number of nitrogens with zero attached hydrogens (tertiary/aromatic N) is 5. The summed E-state index contributed by atoms with van der Waals surface area (Å²) in [4.78, 5) is 31.5.